The summed E-state index contributed by atoms with van der Waals surface area (Å²) in [5.74, 6) is 0.129. The van der Waals surface area contributed by atoms with Crippen molar-refractivity contribution in [3.8, 4) is 5.75 Å². The van der Waals surface area contributed by atoms with Crippen molar-refractivity contribution in [1.82, 2.24) is 10.3 Å². The predicted octanol–water partition coefficient (Wildman–Crippen LogP) is 2.66. The number of hydrogen-bond donors (Lipinski definition) is 3. The molecule has 1 saturated carbocycles. The van der Waals surface area contributed by atoms with Crippen LogP contribution in [0.1, 0.15) is 29.8 Å². The van der Waals surface area contributed by atoms with Gasteiger partial charge in [0.25, 0.3) is 5.91 Å². The molecule has 2 aromatic rings. The van der Waals surface area contributed by atoms with Crippen molar-refractivity contribution < 1.29 is 23.4 Å². The average molecular weight is 324 g/mol. The fourth-order valence-electron chi connectivity index (χ4n) is 2.76. The Balaban J connectivity index is 1.80. The van der Waals surface area contributed by atoms with Crippen LogP contribution in [0, 0.1) is 5.92 Å². The lowest BCUT2D eigenvalue weighted by Gasteiger charge is -2.16. The number of carbonyl (C=O) groups excluding carboxylic acids is 1. The quantitative estimate of drug-likeness (QED) is 0.733. The molecule has 1 amide bonds. The second kappa shape index (κ2) is 6.54. The third-order valence-corrected chi connectivity index (χ3v) is 4.03. The fourth-order valence-corrected chi connectivity index (χ4v) is 2.76. The first-order valence-corrected chi connectivity index (χ1v) is 7.56. The first-order chi connectivity index (χ1) is 11.1. The highest BCUT2D eigenvalue weighted by Crippen LogP contribution is 2.34. The number of aliphatic hydroxyl groups is 1. The fraction of sp³-hybridized carbons (Fsp3) is 0.438. The maximum absolute atomic E-state index is 12.4. The Hall–Kier alpha value is -2.15. The summed E-state index contributed by atoms with van der Waals surface area (Å²) >= 11 is 0. The number of rotatable bonds is 7. The average Bonchev–Trinajstić information content (AvgIpc) is 3.25. The van der Waals surface area contributed by atoms with Gasteiger partial charge in [-0.3, -0.25) is 4.79 Å². The number of H-pyrrole nitrogens is 1. The minimum atomic E-state index is -2.92. The van der Waals surface area contributed by atoms with Gasteiger partial charge in [-0.15, -0.1) is 0 Å². The van der Waals surface area contributed by atoms with E-state index in [2.05, 4.69) is 15.0 Å². The van der Waals surface area contributed by atoms with E-state index in [-0.39, 0.29) is 30.0 Å². The predicted molar refractivity (Wildman–Crippen MR) is 80.6 cm³/mol. The standard InChI is InChI=1S/C16H18F2N2O3/c17-16(18)23-14-3-1-2-12-10(14)8-13(19-12)15(22)20-11(6-7-21)9-4-5-9/h1-3,8-9,11,16,19,21H,4-7H2,(H,20,22). The molecule has 3 rings (SSSR count). The molecule has 1 aromatic heterocycles. The molecule has 0 bridgehead atoms. The number of ether oxygens (including phenoxy) is 1. The van der Waals surface area contributed by atoms with Crippen LogP contribution in [0.4, 0.5) is 8.78 Å². The van der Waals surface area contributed by atoms with E-state index in [0.29, 0.717) is 23.2 Å². The van der Waals surface area contributed by atoms with Gasteiger partial charge in [0.1, 0.15) is 11.4 Å². The molecule has 1 aliphatic rings. The zero-order valence-corrected chi connectivity index (χ0v) is 12.4. The number of nitrogens with one attached hydrogen (secondary N) is 2. The van der Waals surface area contributed by atoms with Crippen molar-refractivity contribution in [1.29, 1.82) is 0 Å². The van der Waals surface area contributed by atoms with Crippen LogP contribution in [0.2, 0.25) is 0 Å². The zero-order valence-electron chi connectivity index (χ0n) is 12.4. The van der Waals surface area contributed by atoms with Crippen LogP contribution in [0.3, 0.4) is 0 Å². The third-order valence-electron chi connectivity index (χ3n) is 4.03. The summed E-state index contributed by atoms with van der Waals surface area (Å²) in [4.78, 5) is 15.3. The van der Waals surface area contributed by atoms with E-state index in [0.717, 1.165) is 12.8 Å². The summed E-state index contributed by atoms with van der Waals surface area (Å²) in [6, 6.07) is 6.15. The molecular weight excluding hydrogens is 306 g/mol. The molecule has 0 spiro atoms. The van der Waals surface area contributed by atoms with E-state index in [1.807, 2.05) is 0 Å². The molecule has 3 N–H and O–H groups in total. The molecule has 5 nitrogen and oxygen atoms in total. The highest BCUT2D eigenvalue weighted by Gasteiger charge is 2.32. The Kier molecular flexibility index (Phi) is 4.47. The topological polar surface area (TPSA) is 74.3 Å². The van der Waals surface area contributed by atoms with Gasteiger partial charge in [-0.2, -0.15) is 8.78 Å². The van der Waals surface area contributed by atoms with Crippen molar-refractivity contribution >= 4 is 16.8 Å². The van der Waals surface area contributed by atoms with Crippen LogP contribution in [0.5, 0.6) is 5.75 Å². The third kappa shape index (κ3) is 3.61. The Labute approximate surface area is 131 Å². The van der Waals surface area contributed by atoms with Crippen molar-refractivity contribution in [2.75, 3.05) is 6.61 Å². The van der Waals surface area contributed by atoms with Gasteiger partial charge in [0, 0.05) is 23.6 Å². The smallest absolute Gasteiger partial charge is 0.387 e. The largest absolute Gasteiger partial charge is 0.434 e. The van der Waals surface area contributed by atoms with Gasteiger partial charge >= 0.3 is 6.61 Å². The number of halogens is 2. The van der Waals surface area contributed by atoms with Crippen molar-refractivity contribution in [2.45, 2.75) is 31.9 Å². The summed E-state index contributed by atoms with van der Waals surface area (Å²) < 4.78 is 29.3. The van der Waals surface area contributed by atoms with Crippen LogP contribution in [0.25, 0.3) is 10.9 Å². The Morgan fingerprint density at radius 3 is 2.87 bits per heavy atom. The molecule has 1 heterocycles. The second-order valence-corrected chi connectivity index (χ2v) is 5.71. The lowest BCUT2D eigenvalue weighted by molar-refractivity contribution is -0.0487. The van der Waals surface area contributed by atoms with Gasteiger partial charge in [0.2, 0.25) is 0 Å². The molecule has 0 radical (unpaired) electrons. The number of aromatic nitrogens is 1. The molecule has 1 unspecified atom stereocenters. The van der Waals surface area contributed by atoms with Crippen molar-refractivity contribution in [2.24, 2.45) is 5.92 Å². The molecular formula is C16H18F2N2O3. The number of fused-ring (bicyclic) bond motifs is 1. The van der Waals surface area contributed by atoms with Crippen LogP contribution < -0.4 is 10.1 Å². The highest BCUT2D eigenvalue weighted by molar-refractivity contribution is 5.99. The van der Waals surface area contributed by atoms with E-state index in [1.165, 1.54) is 12.1 Å². The molecule has 7 heteroatoms. The maximum atomic E-state index is 12.4. The van der Waals surface area contributed by atoms with Crippen molar-refractivity contribution in [3.63, 3.8) is 0 Å². The van der Waals surface area contributed by atoms with Crippen molar-refractivity contribution in [3.05, 3.63) is 30.0 Å². The minimum absolute atomic E-state index is 0.0144. The van der Waals surface area contributed by atoms with E-state index >= 15 is 0 Å². The Bertz CT molecular complexity index is 698. The van der Waals surface area contributed by atoms with E-state index in [1.54, 1.807) is 12.1 Å². The number of aromatic amines is 1. The number of benzene rings is 1. The van der Waals surface area contributed by atoms with E-state index < -0.39 is 6.61 Å². The number of alkyl halides is 2. The van der Waals surface area contributed by atoms with E-state index in [9.17, 15) is 13.6 Å². The summed E-state index contributed by atoms with van der Waals surface area (Å²) in [5, 5.41) is 12.4. The molecule has 1 fully saturated rings. The summed E-state index contributed by atoms with van der Waals surface area (Å²) in [6.45, 7) is -2.91. The number of amides is 1. The normalized spacial score (nSPS) is 15.8. The monoisotopic (exact) mass is 324 g/mol. The van der Waals surface area contributed by atoms with Gasteiger partial charge in [-0.1, -0.05) is 6.07 Å². The number of hydrogen-bond acceptors (Lipinski definition) is 3. The number of carbonyl (C=O) groups is 1. The molecule has 1 atom stereocenters. The molecule has 124 valence electrons. The lowest BCUT2D eigenvalue weighted by atomic mass is 10.1. The van der Waals surface area contributed by atoms with Gasteiger partial charge in [-0.05, 0) is 43.4 Å². The van der Waals surface area contributed by atoms with Gasteiger partial charge < -0.3 is 20.1 Å². The SMILES string of the molecule is O=C(NC(CCO)C1CC1)c1cc2c(OC(F)F)cccc2[nH]1. The van der Waals surface area contributed by atoms with Crippen LogP contribution in [-0.4, -0.2) is 35.3 Å². The van der Waals surface area contributed by atoms with Gasteiger partial charge in [0.05, 0.1) is 0 Å². The van der Waals surface area contributed by atoms with E-state index in [4.69, 9.17) is 5.11 Å². The second-order valence-electron chi connectivity index (χ2n) is 5.71. The Morgan fingerprint density at radius 2 is 2.22 bits per heavy atom. The molecule has 1 aliphatic carbocycles. The molecule has 0 saturated heterocycles. The number of aliphatic hydroxyl groups excluding tert-OH is 1. The summed E-state index contributed by atoms with van der Waals surface area (Å²) in [6.07, 6.45) is 2.60. The minimum Gasteiger partial charge on any atom is -0.434 e. The van der Waals surface area contributed by atoms with Crippen LogP contribution >= 0.6 is 0 Å². The van der Waals surface area contributed by atoms with Gasteiger partial charge in [0.15, 0.2) is 0 Å². The highest BCUT2D eigenvalue weighted by atomic mass is 19.3. The Morgan fingerprint density at radius 1 is 1.43 bits per heavy atom. The van der Waals surface area contributed by atoms with Crippen LogP contribution in [0.15, 0.2) is 24.3 Å². The lowest BCUT2D eigenvalue weighted by Crippen LogP contribution is -2.37. The molecule has 1 aromatic carbocycles. The summed E-state index contributed by atoms with van der Waals surface area (Å²) in [5.41, 5.74) is 0.840. The first-order valence-electron chi connectivity index (χ1n) is 7.56. The zero-order chi connectivity index (χ0) is 16.4. The first kappa shape index (κ1) is 15.7. The molecule has 0 aliphatic heterocycles. The van der Waals surface area contributed by atoms with Gasteiger partial charge in [-0.25, -0.2) is 0 Å². The molecule has 23 heavy (non-hydrogen) atoms. The van der Waals surface area contributed by atoms with Crippen LogP contribution in [-0.2, 0) is 0 Å². The summed E-state index contributed by atoms with van der Waals surface area (Å²) in [7, 11) is 0. The maximum Gasteiger partial charge on any atom is 0.387 e.